The normalized spacial score (nSPS) is 12.6. The predicted molar refractivity (Wildman–Crippen MR) is 46.9 cm³/mol. The van der Waals surface area contributed by atoms with Crippen molar-refractivity contribution in [2.75, 3.05) is 11.9 Å². The van der Waals surface area contributed by atoms with Crippen molar-refractivity contribution in [2.24, 2.45) is 0 Å². The minimum atomic E-state index is -0.369. The smallest absolute Gasteiger partial charge is 0.147 e. The molecular formula is C8H13N3O. The Morgan fingerprint density at radius 1 is 1.50 bits per heavy atom. The van der Waals surface area contributed by atoms with E-state index in [-0.39, 0.29) is 6.10 Å². The van der Waals surface area contributed by atoms with Crippen molar-refractivity contribution in [2.45, 2.75) is 20.0 Å². The summed E-state index contributed by atoms with van der Waals surface area (Å²) in [5.74, 6) is 0.735. The van der Waals surface area contributed by atoms with Crippen LogP contribution >= 0.6 is 0 Å². The SMILES string of the molecule is Cc1nccnc1NC[C@@H](C)O. The van der Waals surface area contributed by atoms with Crippen LogP contribution in [-0.2, 0) is 0 Å². The molecule has 12 heavy (non-hydrogen) atoms. The Hall–Kier alpha value is -1.16. The van der Waals surface area contributed by atoms with Crippen LogP contribution in [0.25, 0.3) is 0 Å². The fourth-order valence-electron chi connectivity index (χ4n) is 0.826. The molecule has 1 aromatic heterocycles. The number of aliphatic hydroxyl groups is 1. The molecule has 0 aliphatic carbocycles. The predicted octanol–water partition coefficient (Wildman–Crippen LogP) is 0.578. The molecule has 0 bridgehead atoms. The van der Waals surface area contributed by atoms with Crippen LogP contribution in [0, 0.1) is 6.92 Å². The lowest BCUT2D eigenvalue weighted by Crippen LogP contribution is -2.16. The zero-order valence-electron chi connectivity index (χ0n) is 7.28. The first-order valence-corrected chi connectivity index (χ1v) is 3.89. The Morgan fingerprint density at radius 3 is 2.75 bits per heavy atom. The van der Waals surface area contributed by atoms with Gasteiger partial charge in [-0.3, -0.25) is 4.98 Å². The third-order valence-corrected chi connectivity index (χ3v) is 1.45. The molecule has 1 aromatic rings. The van der Waals surface area contributed by atoms with Gasteiger partial charge in [-0.15, -0.1) is 0 Å². The van der Waals surface area contributed by atoms with Gasteiger partial charge in [0, 0.05) is 18.9 Å². The van der Waals surface area contributed by atoms with E-state index in [0.717, 1.165) is 11.5 Å². The zero-order chi connectivity index (χ0) is 8.97. The van der Waals surface area contributed by atoms with Crippen molar-refractivity contribution in [1.29, 1.82) is 0 Å². The minimum Gasteiger partial charge on any atom is -0.392 e. The van der Waals surface area contributed by atoms with Gasteiger partial charge >= 0.3 is 0 Å². The second-order valence-corrected chi connectivity index (χ2v) is 2.72. The summed E-state index contributed by atoms with van der Waals surface area (Å²) < 4.78 is 0. The molecule has 66 valence electrons. The highest BCUT2D eigenvalue weighted by molar-refractivity contribution is 5.38. The summed E-state index contributed by atoms with van der Waals surface area (Å²) in [5, 5.41) is 12.0. The molecule has 0 saturated heterocycles. The van der Waals surface area contributed by atoms with Crippen molar-refractivity contribution in [3.63, 3.8) is 0 Å². The number of nitrogens with zero attached hydrogens (tertiary/aromatic N) is 2. The highest BCUT2D eigenvalue weighted by Crippen LogP contribution is 2.05. The van der Waals surface area contributed by atoms with Gasteiger partial charge in [-0.2, -0.15) is 0 Å². The Balaban J connectivity index is 2.57. The van der Waals surface area contributed by atoms with Crippen LogP contribution in [0.15, 0.2) is 12.4 Å². The van der Waals surface area contributed by atoms with E-state index in [1.165, 1.54) is 0 Å². The van der Waals surface area contributed by atoms with Gasteiger partial charge in [-0.05, 0) is 13.8 Å². The van der Waals surface area contributed by atoms with Gasteiger partial charge in [-0.25, -0.2) is 4.98 Å². The van der Waals surface area contributed by atoms with Crippen molar-refractivity contribution in [3.8, 4) is 0 Å². The molecule has 0 unspecified atom stereocenters. The average molecular weight is 167 g/mol. The summed E-state index contributed by atoms with van der Waals surface area (Å²) in [6.07, 6.45) is 2.90. The van der Waals surface area contributed by atoms with Crippen LogP contribution in [0.4, 0.5) is 5.82 Å². The summed E-state index contributed by atoms with van der Waals surface area (Å²) >= 11 is 0. The monoisotopic (exact) mass is 167 g/mol. The van der Waals surface area contributed by atoms with E-state index < -0.39 is 0 Å². The lowest BCUT2D eigenvalue weighted by molar-refractivity contribution is 0.208. The zero-order valence-corrected chi connectivity index (χ0v) is 7.28. The maximum Gasteiger partial charge on any atom is 0.147 e. The molecule has 0 amide bonds. The van der Waals surface area contributed by atoms with E-state index in [0.29, 0.717) is 6.54 Å². The number of nitrogens with one attached hydrogen (secondary N) is 1. The van der Waals surface area contributed by atoms with E-state index in [1.807, 2.05) is 6.92 Å². The van der Waals surface area contributed by atoms with Gasteiger partial charge in [-0.1, -0.05) is 0 Å². The maximum absolute atomic E-state index is 8.99. The van der Waals surface area contributed by atoms with E-state index in [4.69, 9.17) is 5.11 Å². The molecular weight excluding hydrogens is 154 g/mol. The summed E-state index contributed by atoms with van der Waals surface area (Å²) in [6, 6.07) is 0. The summed E-state index contributed by atoms with van der Waals surface area (Å²) in [4.78, 5) is 8.12. The van der Waals surface area contributed by atoms with Gasteiger partial charge in [0.2, 0.25) is 0 Å². The third kappa shape index (κ3) is 2.47. The number of rotatable bonds is 3. The fourth-order valence-corrected chi connectivity index (χ4v) is 0.826. The van der Waals surface area contributed by atoms with Crippen LogP contribution in [0.1, 0.15) is 12.6 Å². The van der Waals surface area contributed by atoms with Gasteiger partial charge in [0.05, 0.1) is 11.8 Å². The number of aromatic nitrogens is 2. The molecule has 2 N–H and O–H groups in total. The molecule has 0 aliphatic rings. The van der Waals surface area contributed by atoms with Crippen LogP contribution < -0.4 is 5.32 Å². The topological polar surface area (TPSA) is 58.0 Å². The van der Waals surface area contributed by atoms with Crippen molar-refractivity contribution in [1.82, 2.24) is 9.97 Å². The second-order valence-electron chi connectivity index (χ2n) is 2.72. The van der Waals surface area contributed by atoms with E-state index in [2.05, 4.69) is 15.3 Å². The Kier molecular flexibility index (Phi) is 2.99. The molecule has 0 aromatic carbocycles. The lowest BCUT2D eigenvalue weighted by Gasteiger charge is -2.08. The number of aryl methyl sites for hydroxylation is 1. The molecule has 4 heteroatoms. The van der Waals surface area contributed by atoms with Gasteiger partial charge in [0.1, 0.15) is 5.82 Å². The minimum absolute atomic E-state index is 0.369. The number of aliphatic hydroxyl groups excluding tert-OH is 1. The highest BCUT2D eigenvalue weighted by atomic mass is 16.3. The lowest BCUT2D eigenvalue weighted by atomic mass is 10.4. The molecule has 0 saturated carbocycles. The van der Waals surface area contributed by atoms with E-state index >= 15 is 0 Å². The van der Waals surface area contributed by atoms with Crippen molar-refractivity contribution in [3.05, 3.63) is 18.1 Å². The summed E-state index contributed by atoms with van der Waals surface area (Å²) in [5.41, 5.74) is 0.846. The molecule has 1 atom stereocenters. The van der Waals surface area contributed by atoms with Gasteiger partial charge < -0.3 is 10.4 Å². The molecule has 1 heterocycles. The Morgan fingerprint density at radius 2 is 2.17 bits per heavy atom. The van der Waals surface area contributed by atoms with E-state index in [9.17, 15) is 0 Å². The number of anilines is 1. The van der Waals surface area contributed by atoms with Crippen LogP contribution in [0.5, 0.6) is 0 Å². The number of hydrogen-bond donors (Lipinski definition) is 2. The Labute approximate surface area is 71.7 Å². The van der Waals surface area contributed by atoms with E-state index in [1.54, 1.807) is 19.3 Å². The molecule has 4 nitrogen and oxygen atoms in total. The highest BCUT2D eigenvalue weighted by Gasteiger charge is 1.99. The Bertz CT molecular complexity index is 250. The molecule has 0 radical (unpaired) electrons. The van der Waals surface area contributed by atoms with Crippen LogP contribution in [-0.4, -0.2) is 27.7 Å². The first kappa shape index (κ1) is 8.93. The van der Waals surface area contributed by atoms with Crippen molar-refractivity contribution < 1.29 is 5.11 Å². The molecule has 0 fully saturated rings. The maximum atomic E-state index is 8.99. The quantitative estimate of drug-likeness (QED) is 0.691. The van der Waals surface area contributed by atoms with Gasteiger partial charge in [0.15, 0.2) is 0 Å². The van der Waals surface area contributed by atoms with Crippen molar-refractivity contribution >= 4 is 5.82 Å². The van der Waals surface area contributed by atoms with Gasteiger partial charge in [0.25, 0.3) is 0 Å². The number of hydrogen-bond acceptors (Lipinski definition) is 4. The fraction of sp³-hybridized carbons (Fsp3) is 0.500. The molecule has 0 spiro atoms. The van der Waals surface area contributed by atoms with Crippen LogP contribution in [0.2, 0.25) is 0 Å². The standard InChI is InChI=1S/C8H13N3O/c1-6(12)5-11-8-7(2)9-3-4-10-8/h3-4,6,12H,5H2,1-2H3,(H,10,11)/t6-/m1/s1. The summed E-state index contributed by atoms with van der Waals surface area (Å²) in [6.45, 7) is 4.09. The third-order valence-electron chi connectivity index (χ3n) is 1.45. The second kappa shape index (κ2) is 4.01. The molecule has 0 aliphatic heterocycles. The average Bonchev–Trinajstić information content (AvgIpc) is 2.03. The largest absolute Gasteiger partial charge is 0.392 e. The van der Waals surface area contributed by atoms with Crippen LogP contribution in [0.3, 0.4) is 0 Å². The first-order valence-electron chi connectivity index (χ1n) is 3.89. The summed E-state index contributed by atoms with van der Waals surface area (Å²) in [7, 11) is 0. The molecule has 1 rings (SSSR count). The first-order chi connectivity index (χ1) is 5.70.